The number of rotatable bonds is 5. The second-order valence-electron chi connectivity index (χ2n) is 5.17. The van der Waals surface area contributed by atoms with Crippen molar-refractivity contribution in [2.24, 2.45) is 0 Å². The predicted octanol–water partition coefficient (Wildman–Crippen LogP) is 2.74. The van der Waals surface area contributed by atoms with Gasteiger partial charge in [0, 0.05) is 36.8 Å². The summed E-state index contributed by atoms with van der Waals surface area (Å²) in [6.45, 7) is 0.366. The van der Waals surface area contributed by atoms with Crippen LogP contribution in [0.25, 0.3) is 11.0 Å². The molecule has 2 heterocycles. The first kappa shape index (κ1) is 17.2. The molecular weight excluding hydrogens is 360 g/mol. The lowest BCUT2D eigenvalue weighted by molar-refractivity contribution is -0.116. The number of halogens is 1. The molecule has 1 aromatic carbocycles. The molecule has 25 heavy (non-hydrogen) atoms. The van der Waals surface area contributed by atoms with Gasteiger partial charge in [0.2, 0.25) is 5.91 Å². The molecular formula is C17H15ClN4O2S. The van der Waals surface area contributed by atoms with Crippen LogP contribution in [-0.2, 0) is 11.3 Å². The van der Waals surface area contributed by atoms with Crippen LogP contribution in [0.4, 0.5) is 0 Å². The van der Waals surface area contributed by atoms with Crippen LogP contribution in [0.2, 0.25) is 5.15 Å². The molecule has 0 radical (unpaired) electrons. The smallest absolute Gasteiger partial charge is 0.251 e. The van der Waals surface area contributed by atoms with Crippen LogP contribution < -0.4 is 10.6 Å². The topological polar surface area (TPSA) is 75.5 Å². The average Bonchev–Trinajstić information content (AvgIpc) is 3.18. The molecule has 3 rings (SSSR count). The van der Waals surface area contributed by atoms with Gasteiger partial charge < -0.3 is 10.6 Å². The molecule has 8 heteroatoms. The minimum atomic E-state index is -0.239. The third-order valence-electron chi connectivity index (χ3n) is 3.56. The number of benzene rings is 1. The van der Waals surface area contributed by atoms with Crippen molar-refractivity contribution in [3.63, 3.8) is 0 Å². The Kier molecular flexibility index (Phi) is 5.16. The van der Waals surface area contributed by atoms with Gasteiger partial charge >= 0.3 is 0 Å². The Bertz CT molecular complexity index is 943. The number of hydrogen-bond donors (Lipinski definition) is 2. The summed E-state index contributed by atoms with van der Waals surface area (Å²) < 4.78 is 1.83. The third kappa shape index (κ3) is 3.89. The molecule has 128 valence electrons. The molecule has 0 unspecified atom stereocenters. The Morgan fingerprint density at radius 3 is 2.80 bits per heavy atom. The number of carbonyl (C=O) groups is 2. The number of nitrogens with zero attached hydrogens (tertiary/aromatic N) is 2. The highest BCUT2D eigenvalue weighted by Crippen LogP contribution is 2.22. The number of carbonyl (C=O) groups excluding carboxylic acids is 2. The molecule has 2 aromatic heterocycles. The maximum atomic E-state index is 12.0. The van der Waals surface area contributed by atoms with E-state index in [4.69, 9.17) is 11.6 Å². The van der Waals surface area contributed by atoms with Crippen LogP contribution in [0.1, 0.15) is 21.6 Å². The summed E-state index contributed by atoms with van der Waals surface area (Å²) in [7, 11) is 1.58. The van der Waals surface area contributed by atoms with Crippen molar-refractivity contribution in [3.05, 3.63) is 63.9 Å². The molecule has 0 atom stereocenters. The highest BCUT2D eigenvalue weighted by molar-refractivity contribution is 7.15. The molecule has 0 aliphatic carbocycles. The van der Waals surface area contributed by atoms with E-state index in [1.54, 1.807) is 37.4 Å². The fraction of sp³-hybridized carbons (Fsp3) is 0.118. The summed E-state index contributed by atoms with van der Waals surface area (Å²) >= 11 is 7.55. The molecule has 0 aliphatic rings. The summed E-state index contributed by atoms with van der Waals surface area (Å²) in [6, 6.07) is 7.04. The summed E-state index contributed by atoms with van der Waals surface area (Å²) in [4.78, 5) is 28.5. The monoisotopic (exact) mass is 374 g/mol. The first-order valence-electron chi connectivity index (χ1n) is 7.46. The maximum absolute atomic E-state index is 12.0. The fourth-order valence-electron chi connectivity index (χ4n) is 2.25. The fourth-order valence-corrected chi connectivity index (χ4v) is 3.25. The van der Waals surface area contributed by atoms with Crippen molar-refractivity contribution in [3.8, 4) is 0 Å². The molecule has 2 N–H and O–H groups in total. The molecule has 6 nitrogen and oxygen atoms in total. The van der Waals surface area contributed by atoms with Gasteiger partial charge in [-0.2, -0.15) is 0 Å². The normalized spacial score (nSPS) is 11.1. The van der Waals surface area contributed by atoms with Crippen LogP contribution >= 0.6 is 22.9 Å². The largest absolute Gasteiger partial charge is 0.355 e. The van der Waals surface area contributed by atoms with Crippen LogP contribution in [0.15, 0.2) is 41.9 Å². The summed E-state index contributed by atoms with van der Waals surface area (Å²) in [5.41, 5.74) is 2.15. The predicted molar refractivity (Wildman–Crippen MR) is 98.8 cm³/mol. The second kappa shape index (κ2) is 7.50. The highest BCUT2D eigenvalue weighted by Gasteiger charge is 2.08. The van der Waals surface area contributed by atoms with Crippen LogP contribution in [0, 0.1) is 0 Å². The number of imidazole rings is 1. The van der Waals surface area contributed by atoms with Crippen molar-refractivity contribution in [2.75, 3.05) is 7.05 Å². The number of aromatic nitrogens is 2. The van der Waals surface area contributed by atoms with Gasteiger partial charge in [-0.05, 0) is 23.8 Å². The highest BCUT2D eigenvalue weighted by atomic mass is 35.5. The van der Waals surface area contributed by atoms with Crippen molar-refractivity contribution < 1.29 is 9.59 Å². The molecule has 0 fully saturated rings. The summed E-state index contributed by atoms with van der Waals surface area (Å²) in [5.74, 6) is -0.382. The number of fused-ring (bicyclic) bond motifs is 1. The number of amides is 2. The van der Waals surface area contributed by atoms with Gasteiger partial charge in [-0.1, -0.05) is 23.7 Å². The molecule has 0 saturated heterocycles. The van der Waals surface area contributed by atoms with Crippen LogP contribution in [-0.4, -0.2) is 28.2 Å². The van der Waals surface area contributed by atoms with E-state index in [1.807, 2.05) is 16.0 Å². The number of thiazole rings is 1. The SMILES string of the molecule is CNC(=O)c1ccc(CNC(=O)/C=C/c2c(Cl)nc3sccn23)cc1. The van der Waals surface area contributed by atoms with Gasteiger partial charge in [0.05, 0.1) is 5.69 Å². The Labute approximate surface area is 153 Å². The van der Waals surface area contributed by atoms with Crippen molar-refractivity contribution in [2.45, 2.75) is 6.54 Å². The minimum Gasteiger partial charge on any atom is -0.355 e. The van der Waals surface area contributed by atoms with Gasteiger partial charge in [0.25, 0.3) is 5.91 Å². The van der Waals surface area contributed by atoms with Gasteiger partial charge in [-0.25, -0.2) is 4.98 Å². The molecule has 0 spiro atoms. The molecule has 2 amide bonds. The first-order chi connectivity index (χ1) is 12.1. The minimum absolute atomic E-state index is 0.143. The van der Waals surface area contributed by atoms with Gasteiger partial charge in [-0.3, -0.25) is 14.0 Å². The van der Waals surface area contributed by atoms with E-state index < -0.39 is 0 Å². The van der Waals surface area contributed by atoms with E-state index in [2.05, 4.69) is 15.6 Å². The van der Waals surface area contributed by atoms with E-state index in [9.17, 15) is 9.59 Å². The van der Waals surface area contributed by atoms with Crippen molar-refractivity contribution >= 4 is 45.8 Å². The average molecular weight is 375 g/mol. The second-order valence-corrected chi connectivity index (χ2v) is 6.40. The van der Waals surface area contributed by atoms with E-state index in [1.165, 1.54) is 17.4 Å². The van der Waals surface area contributed by atoms with Crippen molar-refractivity contribution in [1.82, 2.24) is 20.0 Å². The zero-order valence-corrected chi connectivity index (χ0v) is 14.9. The lowest BCUT2D eigenvalue weighted by atomic mass is 10.1. The lowest BCUT2D eigenvalue weighted by Gasteiger charge is -2.04. The first-order valence-corrected chi connectivity index (χ1v) is 8.72. The Balaban J connectivity index is 1.60. The third-order valence-corrected chi connectivity index (χ3v) is 4.59. The Hall–Kier alpha value is -2.64. The van der Waals surface area contributed by atoms with E-state index in [0.717, 1.165) is 10.5 Å². The molecule has 0 bridgehead atoms. The Morgan fingerprint density at radius 2 is 2.08 bits per heavy atom. The summed E-state index contributed by atoms with van der Waals surface area (Å²) in [5, 5.41) is 7.61. The standard InChI is InChI=1S/C17H15ClN4O2S/c1-19-16(24)12-4-2-11(3-5-12)10-20-14(23)7-6-13-15(18)21-17-22(13)8-9-25-17/h2-9H,10H2,1H3,(H,19,24)(H,20,23)/b7-6+. The molecule has 0 saturated carbocycles. The lowest BCUT2D eigenvalue weighted by Crippen LogP contribution is -2.20. The van der Waals surface area contributed by atoms with E-state index in [0.29, 0.717) is 23.0 Å². The maximum Gasteiger partial charge on any atom is 0.251 e. The van der Waals surface area contributed by atoms with Gasteiger partial charge in [-0.15, -0.1) is 11.3 Å². The summed E-state index contributed by atoms with van der Waals surface area (Å²) in [6.07, 6.45) is 4.91. The molecule has 0 aliphatic heterocycles. The van der Waals surface area contributed by atoms with Crippen molar-refractivity contribution in [1.29, 1.82) is 0 Å². The zero-order chi connectivity index (χ0) is 17.8. The number of hydrogen-bond acceptors (Lipinski definition) is 4. The zero-order valence-electron chi connectivity index (χ0n) is 13.3. The van der Waals surface area contributed by atoms with Gasteiger partial charge in [0.1, 0.15) is 0 Å². The number of nitrogens with one attached hydrogen (secondary N) is 2. The molecule has 3 aromatic rings. The van der Waals surface area contributed by atoms with Crippen LogP contribution in [0.5, 0.6) is 0 Å². The quantitative estimate of drug-likeness (QED) is 0.674. The van der Waals surface area contributed by atoms with Crippen LogP contribution in [0.3, 0.4) is 0 Å². The van der Waals surface area contributed by atoms with Gasteiger partial charge in [0.15, 0.2) is 10.1 Å². The van der Waals surface area contributed by atoms with E-state index >= 15 is 0 Å². The van der Waals surface area contributed by atoms with E-state index in [-0.39, 0.29) is 11.8 Å². The Morgan fingerprint density at radius 1 is 1.32 bits per heavy atom.